The van der Waals surface area contributed by atoms with Gasteiger partial charge in [-0.2, -0.15) is 0 Å². The number of nitrogens with zero attached hydrogens (tertiary/aromatic N) is 2. The van der Waals surface area contributed by atoms with Crippen LogP contribution in [-0.2, 0) is 18.5 Å². The highest BCUT2D eigenvalue weighted by atomic mass is 127. The molecular formula is C19H29IN4O2. The molecular weight excluding hydrogens is 443 g/mol. The molecule has 0 spiro atoms. The molecule has 0 radical (unpaired) electrons. The molecule has 0 aliphatic heterocycles. The van der Waals surface area contributed by atoms with Crippen LogP contribution in [0.2, 0.25) is 0 Å². The van der Waals surface area contributed by atoms with Crippen molar-refractivity contribution in [2.45, 2.75) is 46.2 Å². The summed E-state index contributed by atoms with van der Waals surface area (Å²) in [7, 11) is 3.42. The summed E-state index contributed by atoms with van der Waals surface area (Å²) < 4.78 is 11.1. The molecule has 2 rings (SSSR count). The van der Waals surface area contributed by atoms with Crippen molar-refractivity contribution in [2.24, 2.45) is 4.99 Å². The van der Waals surface area contributed by atoms with E-state index in [0.29, 0.717) is 24.9 Å². The SMILES string of the molecule is CN=C(NCc1ccc(OC)c(C)c1)NCc1ncc(C(C)(C)C)o1.I. The molecule has 0 bridgehead atoms. The van der Waals surface area contributed by atoms with Crippen molar-refractivity contribution < 1.29 is 9.15 Å². The minimum atomic E-state index is -0.0442. The monoisotopic (exact) mass is 472 g/mol. The van der Waals surface area contributed by atoms with Gasteiger partial charge >= 0.3 is 0 Å². The summed E-state index contributed by atoms with van der Waals surface area (Å²) in [5.41, 5.74) is 2.23. The van der Waals surface area contributed by atoms with E-state index < -0.39 is 0 Å². The molecule has 26 heavy (non-hydrogen) atoms. The first kappa shape index (κ1) is 22.3. The van der Waals surface area contributed by atoms with Gasteiger partial charge in [-0.3, -0.25) is 4.99 Å². The molecule has 0 saturated carbocycles. The number of halogens is 1. The van der Waals surface area contributed by atoms with Crippen LogP contribution in [0, 0.1) is 6.92 Å². The molecule has 2 N–H and O–H groups in total. The van der Waals surface area contributed by atoms with E-state index in [1.165, 1.54) is 0 Å². The van der Waals surface area contributed by atoms with Crippen molar-refractivity contribution in [3.63, 3.8) is 0 Å². The smallest absolute Gasteiger partial charge is 0.213 e. The second-order valence-corrected chi connectivity index (χ2v) is 6.95. The van der Waals surface area contributed by atoms with E-state index in [-0.39, 0.29) is 29.4 Å². The zero-order valence-electron chi connectivity index (χ0n) is 16.3. The Morgan fingerprint density at radius 3 is 2.46 bits per heavy atom. The lowest BCUT2D eigenvalue weighted by Gasteiger charge is -2.14. The van der Waals surface area contributed by atoms with Gasteiger partial charge in [-0.05, 0) is 24.1 Å². The highest BCUT2D eigenvalue weighted by Crippen LogP contribution is 2.22. The van der Waals surface area contributed by atoms with Gasteiger partial charge in [0.2, 0.25) is 5.89 Å². The van der Waals surface area contributed by atoms with E-state index in [1.807, 2.05) is 19.1 Å². The fourth-order valence-corrected chi connectivity index (χ4v) is 2.35. The van der Waals surface area contributed by atoms with Crippen molar-refractivity contribution in [2.75, 3.05) is 14.2 Å². The number of rotatable bonds is 5. The van der Waals surface area contributed by atoms with Crippen LogP contribution in [0.3, 0.4) is 0 Å². The quantitative estimate of drug-likeness (QED) is 0.394. The van der Waals surface area contributed by atoms with Gasteiger partial charge < -0.3 is 19.8 Å². The van der Waals surface area contributed by atoms with Crippen LogP contribution < -0.4 is 15.4 Å². The van der Waals surface area contributed by atoms with Crippen molar-refractivity contribution >= 4 is 29.9 Å². The van der Waals surface area contributed by atoms with Gasteiger partial charge in [0.1, 0.15) is 11.5 Å². The molecule has 144 valence electrons. The van der Waals surface area contributed by atoms with E-state index >= 15 is 0 Å². The third-order valence-electron chi connectivity index (χ3n) is 3.84. The Hall–Kier alpha value is -1.77. The number of hydrogen-bond acceptors (Lipinski definition) is 4. The number of hydrogen-bond donors (Lipinski definition) is 2. The second-order valence-electron chi connectivity index (χ2n) is 6.95. The molecule has 0 amide bonds. The molecule has 0 atom stereocenters. The lowest BCUT2D eigenvalue weighted by molar-refractivity contribution is 0.379. The van der Waals surface area contributed by atoms with Gasteiger partial charge in [0, 0.05) is 19.0 Å². The molecule has 0 unspecified atom stereocenters. The number of aromatic nitrogens is 1. The van der Waals surface area contributed by atoms with E-state index in [0.717, 1.165) is 22.6 Å². The van der Waals surface area contributed by atoms with Crippen molar-refractivity contribution in [1.82, 2.24) is 15.6 Å². The highest BCUT2D eigenvalue weighted by Gasteiger charge is 2.19. The Kier molecular flexibility index (Phi) is 8.39. The Labute approximate surface area is 172 Å². The van der Waals surface area contributed by atoms with Crippen LogP contribution in [0.4, 0.5) is 0 Å². The molecule has 0 fully saturated rings. The fourth-order valence-electron chi connectivity index (χ4n) is 2.35. The first-order valence-electron chi connectivity index (χ1n) is 8.36. The number of benzene rings is 1. The standard InChI is InChI=1S/C19H28N4O2.HI/c1-13-9-14(7-8-15(13)24-6)10-22-18(20-5)23-12-17-21-11-16(25-17)19(2,3)4;/h7-9,11H,10,12H2,1-6H3,(H2,20,22,23);1H. The largest absolute Gasteiger partial charge is 0.496 e. The van der Waals surface area contributed by atoms with Crippen LogP contribution in [0.25, 0.3) is 0 Å². The molecule has 1 aromatic carbocycles. The van der Waals surface area contributed by atoms with Gasteiger partial charge in [-0.15, -0.1) is 24.0 Å². The molecule has 7 heteroatoms. The second kappa shape index (κ2) is 9.80. The molecule has 0 aliphatic rings. The molecule has 0 saturated heterocycles. The summed E-state index contributed by atoms with van der Waals surface area (Å²) in [6.45, 7) is 9.48. The summed E-state index contributed by atoms with van der Waals surface area (Å²) >= 11 is 0. The number of oxazole rings is 1. The van der Waals surface area contributed by atoms with Crippen molar-refractivity contribution in [3.8, 4) is 5.75 Å². The minimum absolute atomic E-state index is 0. The average molecular weight is 472 g/mol. The Balaban J connectivity index is 0.00000338. The van der Waals surface area contributed by atoms with Gasteiger partial charge in [0.05, 0.1) is 19.9 Å². The maximum Gasteiger partial charge on any atom is 0.213 e. The van der Waals surface area contributed by atoms with Crippen molar-refractivity contribution in [3.05, 3.63) is 47.2 Å². The lowest BCUT2D eigenvalue weighted by atomic mass is 9.94. The molecule has 1 aromatic heterocycles. The number of ether oxygens (including phenoxy) is 1. The number of guanidine groups is 1. The maximum atomic E-state index is 5.78. The van der Waals surface area contributed by atoms with Crippen LogP contribution in [-0.4, -0.2) is 25.1 Å². The first-order chi connectivity index (χ1) is 11.8. The number of aliphatic imine (C=N–C) groups is 1. The topological polar surface area (TPSA) is 71.7 Å². The van der Waals surface area contributed by atoms with E-state index in [9.17, 15) is 0 Å². The van der Waals surface area contributed by atoms with Gasteiger partial charge in [-0.25, -0.2) is 4.98 Å². The van der Waals surface area contributed by atoms with Crippen LogP contribution in [0.1, 0.15) is 43.5 Å². The fraction of sp³-hybridized carbons (Fsp3) is 0.474. The summed E-state index contributed by atoms with van der Waals surface area (Å²) in [6, 6.07) is 6.11. The summed E-state index contributed by atoms with van der Waals surface area (Å²) in [5.74, 6) is 3.11. The van der Waals surface area contributed by atoms with Crippen LogP contribution >= 0.6 is 24.0 Å². The predicted octanol–water partition coefficient (Wildman–Crippen LogP) is 3.77. The zero-order chi connectivity index (χ0) is 18.4. The zero-order valence-corrected chi connectivity index (χ0v) is 18.7. The summed E-state index contributed by atoms with van der Waals surface area (Å²) in [5, 5.41) is 6.50. The lowest BCUT2D eigenvalue weighted by Crippen LogP contribution is -2.36. The third kappa shape index (κ3) is 6.19. The Bertz CT molecular complexity index is 735. The average Bonchev–Trinajstić information content (AvgIpc) is 3.04. The van der Waals surface area contributed by atoms with E-state index in [1.54, 1.807) is 20.4 Å². The number of nitrogens with one attached hydrogen (secondary N) is 2. The Morgan fingerprint density at radius 2 is 1.92 bits per heavy atom. The van der Waals surface area contributed by atoms with Crippen molar-refractivity contribution in [1.29, 1.82) is 0 Å². The molecule has 2 aromatic rings. The first-order valence-corrected chi connectivity index (χ1v) is 8.36. The molecule has 1 heterocycles. The molecule has 0 aliphatic carbocycles. The van der Waals surface area contributed by atoms with Crippen LogP contribution in [0.5, 0.6) is 5.75 Å². The van der Waals surface area contributed by atoms with E-state index in [4.69, 9.17) is 9.15 Å². The Morgan fingerprint density at radius 1 is 1.23 bits per heavy atom. The normalized spacial score (nSPS) is 11.7. The third-order valence-corrected chi connectivity index (χ3v) is 3.84. The highest BCUT2D eigenvalue weighted by molar-refractivity contribution is 14.0. The summed E-state index contributed by atoms with van der Waals surface area (Å²) in [6.07, 6.45) is 1.79. The molecule has 6 nitrogen and oxygen atoms in total. The summed E-state index contributed by atoms with van der Waals surface area (Å²) in [4.78, 5) is 8.54. The van der Waals surface area contributed by atoms with E-state index in [2.05, 4.69) is 47.4 Å². The maximum absolute atomic E-state index is 5.78. The van der Waals surface area contributed by atoms with Gasteiger partial charge in [0.25, 0.3) is 0 Å². The predicted molar refractivity (Wildman–Crippen MR) is 115 cm³/mol. The van der Waals surface area contributed by atoms with Gasteiger partial charge in [0.15, 0.2) is 5.96 Å². The minimum Gasteiger partial charge on any atom is -0.496 e. The van der Waals surface area contributed by atoms with Crippen LogP contribution in [0.15, 0.2) is 33.8 Å². The van der Waals surface area contributed by atoms with Gasteiger partial charge in [-0.1, -0.05) is 32.9 Å². The number of methoxy groups -OCH3 is 1. The number of aryl methyl sites for hydroxylation is 1.